The van der Waals surface area contributed by atoms with Crippen LogP contribution in [0.25, 0.3) is 0 Å². The minimum atomic E-state index is -0.112. The number of nitrogens with one attached hydrogen (secondary N) is 1. The van der Waals surface area contributed by atoms with Crippen molar-refractivity contribution in [1.29, 1.82) is 0 Å². The van der Waals surface area contributed by atoms with Crippen LogP contribution in [-0.4, -0.2) is 29.8 Å². The molecule has 1 rings (SSSR count). The van der Waals surface area contributed by atoms with Gasteiger partial charge in [-0.05, 0) is 24.8 Å². The standard InChI is InChI=1S/C17H26N2O2/c1-13(2)10-11-18-17(21)12-19(15(4)20)14(3)16-8-6-5-7-9-16/h5-9,13-14H,10-12H2,1-4H3,(H,18,21). The van der Waals surface area contributed by atoms with Gasteiger partial charge in [0.25, 0.3) is 0 Å². The summed E-state index contributed by atoms with van der Waals surface area (Å²) < 4.78 is 0. The van der Waals surface area contributed by atoms with Gasteiger partial charge in [0.15, 0.2) is 0 Å². The molecule has 1 N–H and O–H groups in total. The summed E-state index contributed by atoms with van der Waals surface area (Å²) in [6.07, 6.45) is 0.944. The van der Waals surface area contributed by atoms with E-state index in [1.54, 1.807) is 4.90 Å². The van der Waals surface area contributed by atoms with Crippen LogP contribution in [0.1, 0.15) is 45.7 Å². The summed E-state index contributed by atoms with van der Waals surface area (Å²) in [5.41, 5.74) is 1.03. The monoisotopic (exact) mass is 290 g/mol. The molecule has 1 aromatic rings. The topological polar surface area (TPSA) is 49.4 Å². The lowest BCUT2D eigenvalue weighted by Crippen LogP contribution is -2.41. The predicted octanol–water partition coefficient (Wildman–Crippen LogP) is 2.76. The highest BCUT2D eigenvalue weighted by Gasteiger charge is 2.20. The van der Waals surface area contributed by atoms with E-state index < -0.39 is 0 Å². The Balaban J connectivity index is 2.61. The van der Waals surface area contributed by atoms with Gasteiger partial charge in [0.2, 0.25) is 11.8 Å². The number of rotatable bonds is 7. The molecule has 4 heteroatoms. The van der Waals surface area contributed by atoms with Crippen LogP contribution in [0.15, 0.2) is 30.3 Å². The molecule has 0 fully saturated rings. The Hall–Kier alpha value is -1.84. The maximum atomic E-state index is 12.0. The maximum Gasteiger partial charge on any atom is 0.239 e. The van der Waals surface area contributed by atoms with Crippen molar-refractivity contribution in [2.45, 2.75) is 40.2 Å². The van der Waals surface area contributed by atoms with Gasteiger partial charge in [-0.1, -0.05) is 44.2 Å². The number of hydrogen-bond acceptors (Lipinski definition) is 2. The van der Waals surface area contributed by atoms with E-state index in [1.165, 1.54) is 6.92 Å². The molecular weight excluding hydrogens is 264 g/mol. The predicted molar refractivity (Wildman–Crippen MR) is 84.7 cm³/mol. The third-order valence-electron chi connectivity index (χ3n) is 3.51. The first-order valence-electron chi connectivity index (χ1n) is 7.50. The molecule has 21 heavy (non-hydrogen) atoms. The van der Waals surface area contributed by atoms with E-state index in [-0.39, 0.29) is 24.4 Å². The summed E-state index contributed by atoms with van der Waals surface area (Å²) in [7, 11) is 0. The fourth-order valence-corrected chi connectivity index (χ4v) is 2.14. The van der Waals surface area contributed by atoms with E-state index in [0.29, 0.717) is 12.5 Å². The van der Waals surface area contributed by atoms with Crippen LogP contribution in [0, 0.1) is 5.92 Å². The number of amides is 2. The number of hydrogen-bond donors (Lipinski definition) is 1. The number of nitrogens with zero attached hydrogens (tertiary/aromatic N) is 1. The first-order chi connectivity index (χ1) is 9.91. The van der Waals surface area contributed by atoms with Crippen LogP contribution in [0.5, 0.6) is 0 Å². The lowest BCUT2D eigenvalue weighted by molar-refractivity contribution is -0.136. The summed E-state index contributed by atoms with van der Waals surface area (Å²) in [4.78, 5) is 25.4. The molecule has 1 unspecified atom stereocenters. The van der Waals surface area contributed by atoms with Crippen molar-refractivity contribution in [3.63, 3.8) is 0 Å². The van der Waals surface area contributed by atoms with Gasteiger partial charge in [-0.15, -0.1) is 0 Å². The Morgan fingerprint density at radius 1 is 1.14 bits per heavy atom. The number of benzene rings is 1. The van der Waals surface area contributed by atoms with Gasteiger partial charge in [-0.25, -0.2) is 0 Å². The second-order valence-electron chi connectivity index (χ2n) is 5.77. The number of carbonyl (C=O) groups excluding carboxylic acids is 2. The largest absolute Gasteiger partial charge is 0.355 e. The van der Waals surface area contributed by atoms with Crippen LogP contribution >= 0.6 is 0 Å². The van der Waals surface area contributed by atoms with Crippen LogP contribution in [-0.2, 0) is 9.59 Å². The first-order valence-corrected chi connectivity index (χ1v) is 7.50. The average Bonchev–Trinajstić information content (AvgIpc) is 2.44. The second kappa shape index (κ2) is 8.45. The van der Waals surface area contributed by atoms with E-state index in [9.17, 15) is 9.59 Å². The molecule has 0 bridgehead atoms. The molecule has 116 valence electrons. The van der Waals surface area contributed by atoms with Gasteiger partial charge in [0.1, 0.15) is 6.54 Å². The van der Waals surface area contributed by atoms with Gasteiger partial charge in [0.05, 0.1) is 6.04 Å². The van der Waals surface area contributed by atoms with E-state index >= 15 is 0 Å². The highest BCUT2D eigenvalue weighted by atomic mass is 16.2. The normalized spacial score (nSPS) is 12.0. The molecule has 2 amide bonds. The Labute approximate surface area is 127 Å². The highest BCUT2D eigenvalue weighted by Crippen LogP contribution is 2.19. The van der Waals surface area contributed by atoms with Gasteiger partial charge < -0.3 is 10.2 Å². The average molecular weight is 290 g/mol. The molecule has 0 spiro atoms. The Kier molecular flexibility index (Phi) is 6.92. The Morgan fingerprint density at radius 2 is 1.76 bits per heavy atom. The van der Waals surface area contributed by atoms with Crippen LogP contribution in [0.2, 0.25) is 0 Å². The zero-order valence-electron chi connectivity index (χ0n) is 13.4. The Bertz CT molecular complexity index is 457. The van der Waals surface area contributed by atoms with Crippen molar-refractivity contribution in [1.82, 2.24) is 10.2 Å². The molecule has 0 aliphatic carbocycles. The number of carbonyl (C=O) groups is 2. The van der Waals surface area contributed by atoms with Crippen molar-refractivity contribution in [2.24, 2.45) is 5.92 Å². The molecule has 0 aliphatic rings. The minimum Gasteiger partial charge on any atom is -0.355 e. The zero-order chi connectivity index (χ0) is 15.8. The van der Waals surface area contributed by atoms with Gasteiger partial charge in [-0.2, -0.15) is 0 Å². The molecule has 0 aliphatic heterocycles. The zero-order valence-corrected chi connectivity index (χ0v) is 13.4. The van der Waals surface area contributed by atoms with Crippen molar-refractivity contribution >= 4 is 11.8 Å². The van der Waals surface area contributed by atoms with E-state index in [4.69, 9.17) is 0 Å². The lowest BCUT2D eigenvalue weighted by Gasteiger charge is -2.28. The molecular formula is C17H26N2O2. The van der Waals surface area contributed by atoms with E-state index in [0.717, 1.165) is 12.0 Å². The van der Waals surface area contributed by atoms with Crippen molar-refractivity contribution in [2.75, 3.05) is 13.1 Å². The summed E-state index contributed by atoms with van der Waals surface area (Å²) >= 11 is 0. The SMILES string of the molecule is CC(=O)N(CC(=O)NCCC(C)C)C(C)c1ccccc1. The second-order valence-corrected chi connectivity index (χ2v) is 5.77. The third-order valence-corrected chi connectivity index (χ3v) is 3.51. The Morgan fingerprint density at radius 3 is 2.29 bits per heavy atom. The molecule has 0 aromatic heterocycles. The summed E-state index contributed by atoms with van der Waals surface area (Å²) in [5.74, 6) is 0.358. The van der Waals surface area contributed by atoms with Gasteiger partial charge >= 0.3 is 0 Å². The third kappa shape index (κ3) is 5.98. The smallest absolute Gasteiger partial charge is 0.239 e. The summed E-state index contributed by atoms with van der Waals surface area (Å²) in [5, 5.41) is 2.87. The maximum absolute atomic E-state index is 12.0. The molecule has 1 atom stereocenters. The quantitative estimate of drug-likeness (QED) is 0.839. The van der Waals surface area contributed by atoms with Crippen LogP contribution < -0.4 is 5.32 Å². The lowest BCUT2D eigenvalue weighted by atomic mass is 10.1. The molecule has 0 radical (unpaired) electrons. The van der Waals surface area contributed by atoms with Crippen molar-refractivity contribution in [3.8, 4) is 0 Å². The van der Waals surface area contributed by atoms with E-state index in [1.807, 2.05) is 37.3 Å². The summed E-state index contributed by atoms with van der Waals surface area (Å²) in [6, 6.07) is 9.64. The summed E-state index contributed by atoms with van der Waals surface area (Å²) in [6.45, 7) is 8.43. The van der Waals surface area contributed by atoms with Crippen molar-refractivity contribution < 1.29 is 9.59 Å². The molecule has 0 saturated heterocycles. The molecule has 4 nitrogen and oxygen atoms in total. The fraction of sp³-hybridized carbons (Fsp3) is 0.529. The molecule has 1 aromatic carbocycles. The molecule has 0 saturated carbocycles. The van der Waals surface area contributed by atoms with Crippen molar-refractivity contribution in [3.05, 3.63) is 35.9 Å². The fourth-order valence-electron chi connectivity index (χ4n) is 2.14. The molecule has 0 heterocycles. The van der Waals surface area contributed by atoms with Crippen LogP contribution in [0.4, 0.5) is 0 Å². The minimum absolute atomic E-state index is 0.0923. The highest BCUT2D eigenvalue weighted by molar-refractivity contribution is 5.84. The van der Waals surface area contributed by atoms with Gasteiger partial charge in [-0.3, -0.25) is 9.59 Å². The first kappa shape index (κ1) is 17.2. The van der Waals surface area contributed by atoms with Gasteiger partial charge in [0, 0.05) is 13.5 Å². The van der Waals surface area contributed by atoms with E-state index in [2.05, 4.69) is 19.2 Å². The van der Waals surface area contributed by atoms with Crippen LogP contribution in [0.3, 0.4) is 0 Å².